The fraction of sp³-hybridized carbons (Fsp3) is 0.467. The van der Waals surface area contributed by atoms with Crippen LogP contribution in [-0.2, 0) is 21.0 Å². The van der Waals surface area contributed by atoms with Crippen LogP contribution < -0.4 is 10.6 Å². The molecule has 1 aliphatic carbocycles. The maximum Gasteiger partial charge on any atom is 0.416 e. The Bertz CT molecular complexity index is 1530. The molecule has 5 rings (SSSR count). The maximum atomic E-state index is 14.0. The van der Waals surface area contributed by atoms with Gasteiger partial charge in [0, 0.05) is 24.0 Å². The van der Waals surface area contributed by atoms with Crippen molar-refractivity contribution in [3.8, 4) is 0 Å². The number of aromatic nitrogens is 1. The highest BCUT2D eigenvalue weighted by molar-refractivity contribution is 7.89. The molecule has 0 bridgehead atoms. The lowest BCUT2D eigenvalue weighted by Crippen LogP contribution is -2.46. The average molecular weight is 605 g/mol. The summed E-state index contributed by atoms with van der Waals surface area (Å²) in [5, 5.41) is 9.97. The van der Waals surface area contributed by atoms with Gasteiger partial charge in [-0.3, -0.25) is 4.79 Å². The Hall–Kier alpha value is -3.38. The highest BCUT2D eigenvalue weighted by Gasteiger charge is 2.45. The van der Waals surface area contributed by atoms with Gasteiger partial charge in [0.1, 0.15) is 10.6 Å². The number of anilines is 2. The van der Waals surface area contributed by atoms with Crippen molar-refractivity contribution < 1.29 is 30.9 Å². The summed E-state index contributed by atoms with van der Waals surface area (Å²) >= 11 is 0. The Kier molecular flexibility index (Phi) is 8.39. The van der Waals surface area contributed by atoms with Crippen molar-refractivity contribution in [1.29, 1.82) is 0 Å². The monoisotopic (exact) mass is 604 g/mol. The van der Waals surface area contributed by atoms with Gasteiger partial charge in [0.05, 0.1) is 17.5 Å². The standard InChI is InChI=1S/C30H35F3N4O4S/c1-18-10-13-24(17-26(18)30(31,32)33)35-29(38)25-9-6-16-37(42(39,40)28-19(2)36-41-20(28)3)27(25)21-11-14-23(15-12-21)34-22-7-4-5-8-22/h10-15,17,22,25,27,34H,4-9,16H2,1-3H3,(H,35,38)/t25-,27-/m0/s1. The first kappa shape index (κ1) is 30.1. The Balaban J connectivity index is 1.50. The molecule has 2 fully saturated rings. The number of piperidine rings is 1. The molecule has 0 spiro atoms. The molecule has 1 amide bonds. The number of rotatable bonds is 7. The Morgan fingerprint density at radius 1 is 0.976 bits per heavy atom. The number of carbonyl (C=O) groups excluding carboxylic acids is 1. The van der Waals surface area contributed by atoms with E-state index in [9.17, 15) is 26.4 Å². The lowest BCUT2D eigenvalue weighted by atomic mass is 9.85. The molecule has 1 aliphatic heterocycles. The van der Waals surface area contributed by atoms with Crippen LogP contribution in [0.1, 0.15) is 72.7 Å². The largest absolute Gasteiger partial charge is 0.416 e. The number of sulfonamides is 1. The topological polar surface area (TPSA) is 105 Å². The second-order valence-corrected chi connectivity index (χ2v) is 13.1. The molecule has 2 aliphatic rings. The van der Waals surface area contributed by atoms with Crippen molar-refractivity contribution in [3.63, 3.8) is 0 Å². The number of hydrogen-bond acceptors (Lipinski definition) is 6. The Morgan fingerprint density at radius 3 is 2.26 bits per heavy atom. The number of halogens is 3. The van der Waals surface area contributed by atoms with E-state index in [4.69, 9.17) is 4.52 Å². The van der Waals surface area contributed by atoms with Crippen LogP contribution in [0.2, 0.25) is 0 Å². The van der Waals surface area contributed by atoms with Crippen LogP contribution in [0.15, 0.2) is 51.9 Å². The van der Waals surface area contributed by atoms with E-state index in [0.29, 0.717) is 24.4 Å². The van der Waals surface area contributed by atoms with E-state index in [1.54, 1.807) is 6.92 Å². The normalized spacial score (nSPS) is 20.5. The smallest absolute Gasteiger partial charge is 0.382 e. The molecule has 12 heteroatoms. The minimum absolute atomic E-state index is 0.00140. The van der Waals surface area contributed by atoms with Gasteiger partial charge < -0.3 is 15.2 Å². The van der Waals surface area contributed by atoms with E-state index in [-0.39, 0.29) is 34.1 Å². The van der Waals surface area contributed by atoms with E-state index >= 15 is 0 Å². The van der Waals surface area contributed by atoms with E-state index in [1.807, 2.05) is 24.3 Å². The lowest BCUT2D eigenvalue weighted by Gasteiger charge is -2.40. The molecule has 2 heterocycles. The molecule has 0 unspecified atom stereocenters. The van der Waals surface area contributed by atoms with Gasteiger partial charge in [-0.1, -0.05) is 36.2 Å². The summed E-state index contributed by atoms with van der Waals surface area (Å²) in [7, 11) is -4.14. The molecule has 1 saturated carbocycles. The van der Waals surface area contributed by atoms with Gasteiger partial charge in [-0.05, 0) is 81.8 Å². The van der Waals surface area contributed by atoms with Gasteiger partial charge in [0.2, 0.25) is 15.9 Å². The number of nitrogens with one attached hydrogen (secondary N) is 2. The van der Waals surface area contributed by atoms with Crippen molar-refractivity contribution in [1.82, 2.24) is 9.46 Å². The number of nitrogens with zero attached hydrogens (tertiary/aromatic N) is 2. The van der Waals surface area contributed by atoms with Gasteiger partial charge >= 0.3 is 6.18 Å². The second-order valence-electron chi connectivity index (χ2n) is 11.2. The molecule has 2 N–H and O–H groups in total. The third kappa shape index (κ3) is 6.05. The molecular weight excluding hydrogens is 569 g/mol. The van der Waals surface area contributed by atoms with Crippen molar-refractivity contribution in [2.75, 3.05) is 17.2 Å². The Labute approximate surface area is 243 Å². The molecule has 3 aromatic rings. The van der Waals surface area contributed by atoms with E-state index in [1.165, 1.54) is 43.1 Å². The van der Waals surface area contributed by atoms with Crippen LogP contribution in [-0.4, -0.2) is 36.4 Å². The summed E-state index contributed by atoms with van der Waals surface area (Å²) in [5.74, 6) is -1.27. The second kappa shape index (κ2) is 11.7. The average Bonchev–Trinajstić information content (AvgIpc) is 3.58. The van der Waals surface area contributed by atoms with Crippen molar-refractivity contribution >= 4 is 27.3 Å². The van der Waals surface area contributed by atoms with Gasteiger partial charge in [-0.15, -0.1) is 0 Å². The lowest BCUT2D eigenvalue weighted by molar-refractivity contribution is -0.138. The number of hydrogen-bond donors (Lipinski definition) is 2. The van der Waals surface area contributed by atoms with Gasteiger partial charge in [-0.2, -0.15) is 17.5 Å². The van der Waals surface area contributed by atoms with Crippen LogP contribution in [0.5, 0.6) is 0 Å². The molecule has 42 heavy (non-hydrogen) atoms. The van der Waals surface area contributed by atoms with E-state index < -0.39 is 39.6 Å². The highest BCUT2D eigenvalue weighted by atomic mass is 32.2. The van der Waals surface area contributed by atoms with Gasteiger partial charge in [-0.25, -0.2) is 8.42 Å². The first-order valence-corrected chi connectivity index (χ1v) is 15.6. The first-order chi connectivity index (χ1) is 19.9. The SMILES string of the molecule is Cc1ccc(NC(=O)[C@H]2CCCN(S(=O)(=O)c3c(C)noc3C)[C@H]2c2ccc(NC3CCCC3)cc2)cc1C(F)(F)F. The quantitative estimate of drug-likeness (QED) is 0.309. The van der Waals surface area contributed by atoms with Crippen LogP contribution in [0.3, 0.4) is 0 Å². The predicted molar refractivity (Wildman–Crippen MR) is 152 cm³/mol. The highest BCUT2D eigenvalue weighted by Crippen LogP contribution is 2.42. The summed E-state index contributed by atoms with van der Waals surface area (Å²) in [6.45, 7) is 4.58. The third-order valence-corrected chi connectivity index (χ3v) is 10.4. The molecule has 0 radical (unpaired) electrons. The summed E-state index contributed by atoms with van der Waals surface area (Å²) in [6.07, 6.45) is 0.690. The molecule has 2 atom stereocenters. The molecular formula is C30H35F3N4O4S. The minimum Gasteiger partial charge on any atom is -0.382 e. The zero-order chi connectivity index (χ0) is 30.2. The zero-order valence-electron chi connectivity index (χ0n) is 23.8. The summed E-state index contributed by atoms with van der Waals surface area (Å²) < 4.78 is 75.2. The first-order valence-electron chi connectivity index (χ1n) is 14.2. The molecule has 226 valence electrons. The summed E-state index contributed by atoms with van der Waals surface area (Å²) in [5.41, 5.74) is 0.934. The minimum atomic E-state index is -4.58. The fourth-order valence-corrected chi connectivity index (χ4v) is 8.17. The van der Waals surface area contributed by atoms with Crippen molar-refractivity contribution in [2.24, 2.45) is 5.92 Å². The molecule has 2 aromatic carbocycles. The van der Waals surface area contributed by atoms with Gasteiger partial charge in [0.15, 0.2) is 5.76 Å². The fourth-order valence-electron chi connectivity index (χ4n) is 6.19. The van der Waals surface area contributed by atoms with Crippen LogP contribution in [0.25, 0.3) is 0 Å². The third-order valence-electron chi connectivity index (χ3n) is 8.25. The number of aryl methyl sites for hydroxylation is 3. The van der Waals surface area contributed by atoms with Gasteiger partial charge in [0.25, 0.3) is 0 Å². The number of amides is 1. The maximum absolute atomic E-state index is 14.0. The molecule has 1 aromatic heterocycles. The number of benzene rings is 2. The predicted octanol–water partition coefficient (Wildman–Crippen LogP) is 6.75. The summed E-state index contributed by atoms with van der Waals surface area (Å²) in [6, 6.07) is 10.5. The van der Waals surface area contributed by atoms with Crippen molar-refractivity contribution in [2.45, 2.75) is 82.5 Å². The van der Waals surface area contributed by atoms with E-state index in [2.05, 4.69) is 15.8 Å². The number of alkyl halides is 3. The van der Waals surface area contributed by atoms with Crippen LogP contribution >= 0.6 is 0 Å². The number of carbonyl (C=O) groups is 1. The summed E-state index contributed by atoms with van der Waals surface area (Å²) in [4.78, 5) is 13.7. The Morgan fingerprint density at radius 2 is 1.64 bits per heavy atom. The van der Waals surface area contributed by atoms with Crippen LogP contribution in [0.4, 0.5) is 24.5 Å². The van der Waals surface area contributed by atoms with Crippen molar-refractivity contribution in [3.05, 3.63) is 70.6 Å². The van der Waals surface area contributed by atoms with E-state index in [0.717, 1.165) is 24.6 Å². The molecule has 1 saturated heterocycles. The molecule has 8 nitrogen and oxygen atoms in total. The zero-order valence-corrected chi connectivity index (χ0v) is 24.6. The van der Waals surface area contributed by atoms with Crippen LogP contribution in [0, 0.1) is 26.7 Å².